The van der Waals surface area contributed by atoms with Crippen molar-refractivity contribution in [1.82, 2.24) is 10.3 Å². The van der Waals surface area contributed by atoms with E-state index in [-0.39, 0.29) is 0 Å². The van der Waals surface area contributed by atoms with Crippen LogP contribution < -0.4 is 11.1 Å². The first-order chi connectivity index (χ1) is 9.16. The molecule has 0 radical (unpaired) electrons. The zero-order valence-corrected chi connectivity index (χ0v) is 11.0. The fourth-order valence-corrected chi connectivity index (χ4v) is 1.84. The van der Waals surface area contributed by atoms with Crippen LogP contribution in [0, 0.1) is 6.92 Å². The van der Waals surface area contributed by atoms with Gasteiger partial charge in [0.1, 0.15) is 0 Å². The van der Waals surface area contributed by atoms with Gasteiger partial charge in [-0.1, -0.05) is 12.1 Å². The molecule has 4 heteroatoms. The van der Waals surface area contributed by atoms with Crippen LogP contribution in [0.2, 0.25) is 0 Å². The minimum absolute atomic E-state index is 0.491. The Morgan fingerprint density at radius 3 is 2.68 bits per heavy atom. The average molecular weight is 257 g/mol. The van der Waals surface area contributed by atoms with Gasteiger partial charge >= 0.3 is 0 Å². The van der Waals surface area contributed by atoms with E-state index in [1.165, 1.54) is 0 Å². The number of hydrogen-bond acceptors (Lipinski definition) is 4. The zero-order chi connectivity index (χ0) is 13.7. The maximum atomic E-state index is 10.1. The number of nitrogens with one attached hydrogen (secondary N) is 1. The third-order valence-corrected chi connectivity index (χ3v) is 3.10. The van der Waals surface area contributed by atoms with E-state index in [4.69, 9.17) is 5.73 Å². The Bertz CT molecular complexity index is 528. The molecule has 1 aromatic heterocycles. The second-order valence-corrected chi connectivity index (χ2v) is 4.62. The minimum atomic E-state index is -0.551. The lowest BCUT2D eigenvalue weighted by Gasteiger charge is -2.13. The van der Waals surface area contributed by atoms with Gasteiger partial charge in [-0.3, -0.25) is 4.98 Å². The van der Waals surface area contributed by atoms with Gasteiger partial charge in [0, 0.05) is 31.2 Å². The first-order valence-electron chi connectivity index (χ1n) is 6.30. The van der Waals surface area contributed by atoms with Crippen LogP contribution in [0.1, 0.15) is 22.8 Å². The van der Waals surface area contributed by atoms with Crippen LogP contribution in [0.4, 0.5) is 5.69 Å². The number of benzene rings is 1. The number of anilines is 1. The normalized spacial score (nSPS) is 12.3. The van der Waals surface area contributed by atoms with Crippen LogP contribution >= 0.6 is 0 Å². The third kappa shape index (κ3) is 3.77. The van der Waals surface area contributed by atoms with Crippen molar-refractivity contribution in [3.05, 3.63) is 59.4 Å². The molecule has 1 heterocycles. The lowest BCUT2D eigenvalue weighted by atomic mass is 10.1. The van der Waals surface area contributed by atoms with Gasteiger partial charge in [-0.25, -0.2) is 0 Å². The maximum absolute atomic E-state index is 10.1. The summed E-state index contributed by atoms with van der Waals surface area (Å²) in [5.74, 6) is 0. The van der Waals surface area contributed by atoms with Gasteiger partial charge in [0.25, 0.3) is 0 Å². The Morgan fingerprint density at radius 1 is 1.26 bits per heavy atom. The van der Waals surface area contributed by atoms with Crippen LogP contribution in [0.25, 0.3) is 0 Å². The van der Waals surface area contributed by atoms with Crippen molar-refractivity contribution in [3.63, 3.8) is 0 Å². The van der Waals surface area contributed by atoms with Crippen molar-refractivity contribution in [2.45, 2.75) is 19.6 Å². The second-order valence-electron chi connectivity index (χ2n) is 4.62. The number of nitrogen functional groups attached to an aromatic ring is 1. The molecule has 4 nitrogen and oxygen atoms in total. The molecule has 100 valence electrons. The number of rotatable bonds is 5. The molecule has 1 unspecified atom stereocenters. The zero-order valence-electron chi connectivity index (χ0n) is 11.0. The summed E-state index contributed by atoms with van der Waals surface area (Å²) in [4.78, 5) is 3.96. The summed E-state index contributed by atoms with van der Waals surface area (Å²) < 4.78 is 0. The van der Waals surface area contributed by atoms with Crippen LogP contribution in [-0.4, -0.2) is 16.6 Å². The molecule has 0 aliphatic heterocycles. The van der Waals surface area contributed by atoms with Gasteiger partial charge in [0.2, 0.25) is 0 Å². The van der Waals surface area contributed by atoms with Crippen LogP contribution in [0.3, 0.4) is 0 Å². The molecule has 19 heavy (non-hydrogen) atoms. The molecule has 0 aliphatic carbocycles. The molecule has 2 rings (SSSR count). The number of aliphatic hydroxyl groups excluding tert-OH is 1. The standard InChI is InChI=1S/C15H19N3O/c1-11-2-3-13(8-14(11)16)15(19)10-18-9-12-4-6-17-7-5-12/h2-8,15,18-19H,9-10,16H2,1H3. The summed E-state index contributed by atoms with van der Waals surface area (Å²) >= 11 is 0. The molecule has 4 N–H and O–H groups in total. The SMILES string of the molecule is Cc1ccc(C(O)CNCc2ccncc2)cc1N. The predicted molar refractivity (Wildman–Crippen MR) is 76.5 cm³/mol. The van der Waals surface area contributed by atoms with Crippen molar-refractivity contribution >= 4 is 5.69 Å². The smallest absolute Gasteiger partial charge is 0.0915 e. The molecule has 0 spiro atoms. The van der Waals surface area contributed by atoms with Gasteiger partial charge in [-0.05, 0) is 41.8 Å². The maximum Gasteiger partial charge on any atom is 0.0915 e. The molecule has 0 aliphatic rings. The van der Waals surface area contributed by atoms with Crippen molar-refractivity contribution in [2.24, 2.45) is 0 Å². The summed E-state index contributed by atoms with van der Waals surface area (Å²) in [7, 11) is 0. The van der Waals surface area contributed by atoms with E-state index in [0.717, 1.165) is 16.7 Å². The van der Waals surface area contributed by atoms with Gasteiger partial charge < -0.3 is 16.2 Å². The van der Waals surface area contributed by atoms with Crippen molar-refractivity contribution in [1.29, 1.82) is 0 Å². The van der Waals surface area contributed by atoms with Crippen LogP contribution in [0.15, 0.2) is 42.7 Å². The monoisotopic (exact) mass is 257 g/mol. The van der Waals surface area contributed by atoms with E-state index in [1.807, 2.05) is 37.3 Å². The highest BCUT2D eigenvalue weighted by Gasteiger charge is 2.08. The number of nitrogens with zero attached hydrogens (tertiary/aromatic N) is 1. The third-order valence-electron chi connectivity index (χ3n) is 3.10. The number of aromatic nitrogens is 1. The van der Waals surface area contributed by atoms with Gasteiger partial charge in [-0.2, -0.15) is 0 Å². The van der Waals surface area contributed by atoms with Gasteiger partial charge in [-0.15, -0.1) is 0 Å². The number of pyridine rings is 1. The summed E-state index contributed by atoms with van der Waals surface area (Å²) in [6, 6.07) is 9.56. The minimum Gasteiger partial charge on any atom is -0.399 e. The molecule has 0 fully saturated rings. The van der Waals surface area contributed by atoms with Gasteiger partial charge in [0.15, 0.2) is 0 Å². The summed E-state index contributed by atoms with van der Waals surface area (Å²) in [5.41, 5.74) is 9.56. The number of hydrogen-bond donors (Lipinski definition) is 3. The van der Waals surface area contributed by atoms with Crippen molar-refractivity contribution in [3.8, 4) is 0 Å². The molecule has 2 aromatic rings. The van der Waals surface area contributed by atoms with Crippen molar-refractivity contribution < 1.29 is 5.11 Å². The Labute approximate surface area is 113 Å². The average Bonchev–Trinajstić information content (AvgIpc) is 2.43. The van der Waals surface area contributed by atoms with E-state index in [1.54, 1.807) is 12.4 Å². The molecule has 0 bridgehead atoms. The largest absolute Gasteiger partial charge is 0.399 e. The fraction of sp³-hybridized carbons (Fsp3) is 0.267. The molecule has 1 atom stereocenters. The Balaban J connectivity index is 1.87. The number of aryl methyl sites for hydroxylation is 1. The second kappa shape index (κ2) is 6.31. The highest BCUT2D eigenvalue weighted by atomic mass is 16.3. The number of nitrogens with two attached hydrogens (primary N) is 1. The topological polar surface area (TPSA) is 71.2 Å². The predicted octanol–water partition coefficient (Wildman–Crippen LogP) is 1.80. The first-order valence-corrected chi connectivity index (χ1v) is 6.30. The Kier molecular flexibility index (Phi) is 4.49. The lowest BCUT2D eigenvalue weighted by molar-refractivity contribution is 0.174. The van der Waals surface area contributed by atoms with Crippen molar-refractivity contribution in [2.75, 3.05) is 12.3 Å². The highest BCUT2D eigenvalue weighted by molar-refractivity contribution is 5.48. The van der Waals surface area contributed by atoms with E-state index in [9.17, 15) is 5.11 Å². The summed E-state index contributed by atoms with van der Waals surface area (Å²) in [6.45, 7) is 3.15. The summed E-state index contributed by atoms with van der Waals surface area (Å²) in [6.07, 6.45) is 2.96. The highest BCUT2D eigenvalue weighted by Crippen LogP contribution is 2.18. The van der Waals surface area contributed by atoms with E-state index < -0.39 is 6.10 Å². The summed E-state index contributed by atoms with van der Waals surface area (Å²) in [5, 5.41) is 13.3. The molecule has 0 amide bonds. The molecular formula is C15H19N3O. The molecular weight excluding hydrogens is 238 g/mol. The van der Waals surface area contributed by atoms with Gasteiger partial charge in [0.05, 0.1) is 6.10 Å². The molecule has 1 aromatic carbocycles. The number of aliphatic hydroxyl groups is 1. The van der Waals surface area contributed by atoms with Crippen LogP contribution in [0.5, 0.6) is 0 Å². The molecule has 0 saturated heterocycles. The quantitative estimate of drug-likeness (QED) is 0.714. The fourth-order valence-electron chi connectivity index (χ4n) is 1.84. The lowest BCUT2D eigenvalue weighted by Crippen LogP contribution is -2.21. The van der Waals surface area contributed by atoms with E-state index in [0.29, 0.717) is 18.8 Å². The van der Waals surface area contributed by atoms with E-state index >= 15 is 0 Å². The Hall–Kier alpha value is -1.91. The Morgan fingerprint density at radius 2 is 2.00 bits per heavy atom. The first kappa shape index (κ1) is 13.5. The molecule has 0 saturated carbocycles. The van der Waals surface area contributed by atoms with E-state index in [2.05, 4.69) is 10.3 Å². The van der Waals surface area contributed by atoms with Crippen LogP contribution in [-0.2, 0) is 6.54 Å².